The summed E-state index contributed by atoms with van der Waals surface area (Å²) in [5.74, 6) is 0.598. The summed E-state index contributed by atoms with van der Waals surface area (Å²) >= 11 is 0. The molecule has 1 aliphatic heterocycles. The molecule has 1 saturated heterocycles. The number of rotatable bonds is 3. The van der Waals surface area contributed by atoms with Crippen LogP contribution in [0.3, 0.4) is 0 Å². The highest BCUT2D eigenvalue weighted by Gasteiger charge is 2.44. The molecule has 0 aromatic rings. The van der Waals surface area contributed by atoms with Crippen LogP contribution in [0.25, 0.3) is 0 Å². The fourth-order valence-corrected chi connectivity index (χ4v) is 1.70. The van der Waals surface area contributed by atoms with Crippen LogP contribution < -0.4 is 0 Å². The van der Waals surface area contributed by atoms with E-state index < -0.39 is 5.54 Å². The molecule has 0 unspecified atom stereocenters. The lowest BCUT2D eigenvalue weighted by Gasteiger charge is -2.30. The fraction of sp³-hybridized carbons (Fsp3) is 0.818. The van der Waals surface area contributed by atoms with Crippen molar-refractivity contribution >= 4 is 11.7 Å². The third kappa shape index (κ3) is 1.97. The number of ketones is 1. The Bertz CT molecular complexity index is 256. The van der Waals surface area contributed by atoms with Crippen LogP contribution in [0.15, 0.2) is 0 Å². The zero-order valence-electron chi connectivity index (χ0n) is 9.46. The summed E-state index contributed by atoms with van der Waals surface area (Å²) in [5.41, 5.74) is -0.577. The van der Waals surface area contributed by atoms with Gasteiger partial charge in [-0.25, -0.2) is 0 Å². The maximum absolute atomic E-state index is 11.5. The second kappa shape index (κ2) is 3.71. The van der Waals surface area contributed by atoms with Crippen LogP contribution in [0.1, 0.15) is 40.5 Å². The maximum atomic E-state index is 11.5. The van der Waals surface area contributed by atoms with Gasteiger partial charge in [0.1, 0.15) is 0 Å². The summed E-state index contributed by atoms with van der Waals surface area (Å²) in [6.07, 6.45) is 1.05. The molecule has 0 aromatic carbocycles. The van der Waals surface area contributed by atoms with E-state index in [1.54, 1.807) is 4.90 Å². The van der Waals surface area contributed by atoms with Crippen LogP contribution in [-0.4, -0.2) is 28.7 Å². The van der Waals surface area contributed by atoms with E-state index in [0.29, 0.717) is 12.5 Å². The Kier molecular flexibility index (Phi) is 2.98. The Hall–Kier alpha value is -0.860. The number of carbonyl (C=O) groups is 2. The molecule has 0 aromatic heterocycles. The molecule has 0 bridgehead atoms. The van der Waals surface area contributed by atoms with Crippen molar-refractivity contribution in [2.75, 3.05) is 6.54 Å². The molecule has 1 heterocycles. The van der Waals surface area contributed by atoms with E-state index in [9.17, 15) is 9.59 Å². The molecule has 0 radical (unpaired) electrons. The average molecular weight is 197 g/mol. The maximum Gasteiger partial charge on any atom is 0.230 e. The molecule has 1 rings (SSSR count). The molecule has 0 N–H and O–H groups in total. The second-order valence-electron chi connectivity index (χ2n) is 4.89. The van der Waals surface area contributed by atoms with Crippen molar-refractivity contribution in [3.63, 3.8) is 0 Å². The first-order valence-electron chi connectivity index (χ1n) is 5.19. The predicted molar refractivity (Wildman–Crippen MR) is 54.9 cm³/mol. The van der Waals surface area contributed by atoms with E-state index in [0.717, 1.165) is 6.42 Å². The van der Waals surface area contributed by atoms with Crippen molar-refractivity contribution in [1.82, 2.24) is 4.90 Å². The van der Waals surface area contributed by atoms with Crippen LogP contribution >= 0.6 is 0 Å². The van der Waals surface area contributed by atoms with Crippen molar-refractivity contribution in [3.8, 4) is 0 Å². The van der Waals surface area contributed by atoms with Crippen LogP contribution in [0, 0.1) is 5.92 Å². The van der Waals surface area contributed by atoms with Gasteiger partial charge in [0.2, 0.25) is 5.91 Å². The average Bonchev–Trinajstić information content (AvgIpc) is 2.20. The van der Waals surface area contributed by atoms with Gasteiger partial charge in [-0.1, -0.05) is 13.8 Å². The highest BCUT2D eigenvalue weighted by atomic mass is 16.2. The highest BCUT2D eigenvalue weighted by molar-refractivity contribution is 6.09. The number of nitrogens with zero attached hydrogens (tertiary/aromatic N) is 1. The van der Waals surface area contributed by atoms with Crippen molar-refractivity contribution < 1.29 is 9.59 Å². The van der Waals surface area contributed by atoms with Crippen LogP contribution in [0.2, 0.25) is 0 Å². The van der Waals surface area contributed by atoms with Crippen LogP contribution in [-0.2, 0) is 9.59 Å². The third-order valence-corrected chi connectivity index (χ3v) is 2.90. The molecule has 14 heavy (non-hydrogen) atoms. The number of amides is 1. The topological polar surface area (TPSA) is 37.4 Å². The fourth-order valence-electron chi connectivity index (χ4n) is 1.70. The number of hydrogen-bond donors (Lipinski definition) is 0. The highest BCUT2D eigenvalue weighted by Crippen LogP contribution is 2.26. The zero-order chi connectivity index (χ0) is 10.9. The molecular formula is C11H19NO2. The SMILES string of the molecule is CC(C)CCN1C(=O)CC(=O)C1(C)C. The summed E-state index contributed by atoms with van der Waals surface area (Å²) < 4.78 is 0. The first-order chi connectivity index (χ1) is 6.35. The molecule has 1 aliphatic rings. The van der Waals surface area contributed by atoms with Crippen LogP contribution in [0.4, 0.5) is 0 Å². The van der Waals surface area contributed by atoms with Gasteiger partial charge in [-0.15, -0.1) is 0 Å². The third-order valence-electron chi connectivity index (χ3n) is 2.90. The van der Waals surface area contributed by atoms with Gasteiger partial charge in [0.25, 0.3) is 0 Å². The van der Waals surface area contributed by atoms with Gasteiger partial charge in [-0.05, 0) is 26.2 Å². The molecule has 80 valence electrons. The molecule has 3 heteroatoms. The minimum atomic E-state index is -0.577. The van der Waals surface area contributed by atoms with Gasteiger partial charge in [-0.2, -0.15) is 0 Å². The van der Waals surface area contributed by atoms with Gasteiger partial charge in [0, 0.05) is 6.54 Å². The summed E-state index contributed by atoms with van der Waals surface area (Å²) in [4.78, 5) is 24.7. The lowest BCUT2D eigenvalue weighted by atomic mass is 10.00. The molecule has 1 fully saturated rings. The smallest absolute Gasteiger partial charge is 0.230 e. The Morgan fingerprint density at radius 3 is 2.29 bits per heavy atom. The molecular weight excluding hydrogens is 178 g/mol. The minimum absolute atomic E-state index is 0.0133. The number of carbonyl (C=O) groups excluding carboxylic acids is 2. The van der Waals surface area contributed by atoms with E-state index in [4.69, 9.17) is 0 Å². The summed E-state index contributed by atoms with van der Waals surface area (Å²) in [5, 5.41) is 0. The normalized spacial score (nSPS) is 21.1. The number of Topliss-reactive ketones (excluding diaryl/α,β-unsaturated/α-hetero) is 1. The Balaban J connectivity index is 2.67. The van der Waals surface area contributed by atoms with Gasteiger partial charge in [0.05, 0.1) is 12.0 Å². The number of hydrogen-bond acceptors (Lipinski definition) is 2. The summed E-state index contributed by atoms with van der Waals surface area (Å²) in [7, 11) is 0. The van der Waals surface area contributed by atoms with E-state index in [-0.39, 0.29) is 18.1 Å². The van der Waals surface area contributed by atoms with Gasteiger partial charge >= 0.3 is 0 Å². The van der Waals surface area contributed by atoms with Crippen molar-refractivity contribution in [1.29, 1.82) is 0 Å². The molecule has 0 saturated carbocycles. The van der Waals surface area contributed by atoms with E-state index in [1.807, 2.05) is 13.8 Å². The first kappa shape index (κ1) is 11.2. The Labute approximate surface area is 85.5 Å². The largest absolute Gasteiger partial charge is 0.330 e. The standard InChI is InChI=1S/C11H19NO2/c1-8(2)5-6-12-10(14)7-9(13)11(12,3)4/h8H,5-7H2,1-4H3. The van der Waals surface area contributed by atoms with Crippen molar-refractivity contribution in [2.24, 2.45) is 5.92 Å². The Morgan fingerprint density at radius 2 is 1.93 bits per heavy atom. The lowest BCUT2D eigenvalue weighted by Crippen LogP contribution is -2.45. The van der Waals surface area contributed by atoms with Gasteiger partial charge in [0.15, 0.2) is 5.78 Å². The van der Waals surface area contributed by atoms with Crippen molar-refractivity contribution in [3.05, 3.63) is 0 Å². The molecule has 1 amide bonds. The van der Waals surface area contributed by atoms with E-state index >= 15 is 0 Å². The predicted octanol–water partition coefficient (Wildman–Crippen LogP) is 1.61. The molecule has 0 aliphatic carbocycles. The molecule has 0 spiro atoms. The lowest BCUT2D eigenvalue weighted by molar-refractivity contribution is -0.131. The van der Waals surface area contributed by atoms with Gasteiger partial charge in [-0.3, -0.25) is 9.59 Å². The van der Waals surface area contributed by atoms with E-state index in [1.165, 1.54) is 0 Å². The van der Waals surface area contributed by atoms with Crippen molar-refractivity contribution in [2.45, 2.75) is 46.1 Å². The summed E-state index contributed by atoms with van der Waals surface area (Å²) in [6.45, 7) is 8.61. The minimum Gasteiger partial charge on any atom is -0.330 e. The Morgan fingerprint density at radius 1 is 1.36 bits per heavy atom. The monoisotopic (exact) mass is 197 g/mol. The van der Waals surface area contributed by atoms with Gasteiger partial charge < -0.3 is 4.90 Å². The van der Waals surface area contributed by atoms with E-state index in [2.05, 4.69) is 13.8 Å². The second-order valence-corrected chi connectivity index (χ2v) is 4.89. The quantitative estimate of drug-likeness (QED) is 0.645. The number of likely N-dealkylation sites (tertiary alicyclic amines) is 1. The molecule has 0 atom stereocenters. The van der Waals surface area contributed by atoms with Crippen LogP contribution in [0.5, 0.6) is 0 Å². The molecule has 3 nitrogen and oxygen atoms in total. The zero-order valence-corrected chi connectivity index (χ0v) is 9.46. The first-order valence-corrected chi connectivity index (χ1v) is 5.19. The summed E-state index contributed by atoms with van der Waals surface area (Å²) in [6, 6.07) is 0.